The Morgan fingerprint density at radius 2 is 2.23 bits per heavy atom. The number of aliphatic hydroxyl groups is 1. The van der Waals surface area contributed by atoms with Crippen molar-refractivity contribution < 1.29 is 5.11 Å². The van der Waals surface area contributed by atoms with Gasteiger partial charge in [-0.1, -0.05) is 0 Å². The van der Waals surface area contributed by atoms with Gasteiger partial charge in [0.15, 0.2) is 0 Å². The van der Waals surface area contributed by atoms with Gasteiger partial charge in [0.2, 0.25) is 0 Å². The Balaban J connectivity index is 2.52. The maximum absolute atomic E-state index is 9.74. The van der Waals surface area contributed by atoms with Gasteiger partial charge in [-0.05, 0) is 44.7 Å². The maximum atomic E-state index is 9.74. The van der Waals surface area contributed by atoms with E-state index in [9.17, 15) is 5.11 Å². The molecule has 0 aromatic carbocycles. The SMILES string of the molecule is Cc1cc2c(nc1C)CCCC2O. The first-order chi connectivity index (χ1) is 6.18. The van der Waals surface area contributed by atoms with Crippen molar-refractivity contribution in [2.75, 3.05) is 0 Å². The largest absolute Gasteiger partial charge is 0.388 e. The molecular formula is C11H15NO. The fraction of sp³-hybridized carbons (Fsp3) is 0.545. The van der Waals surface area contributed by atoms with Gasteiger partial charge in [-0.2, -0.15) is 0 Å². The molecular weight excluding hydrogens is 162 g/mol. The van der Waals surface area contributed by atoms with Crippen molar-refractivity contribution in [1.82, 2.24) is 4.98 Å². The summed E-state index contributed by atoms with van der Waals surface area (Å²) in [4.78, 5) is 4.50. The predicted molar refractivity (Wildman–Crippen MR) is 51.6 cm³/mol. The van der Waals surface area contributed by atoms with E-state index in [0.717, 1.165) is 36.2 Å². The zero-order chi connectivity index (χ0) is 9.42. The van der Waals surface area contributed by atoms with Crippen LogP contribution in [-0.4, -0.2) is 10.1 Å². The van der Waals surface area contributed by atoms with E-state index in [1.807, 2.05) is 13.8 Å². The van der Waals surface area contributed by atoms with Crippen LogP contribution in [0.5, 0.6) is 0 Å². The number of pyridine rings is 1. The minimum absolute atomic E-state index is 0.282. The third-order valence-corrected chi connectivity index (χ3v) is 2.83. The van der Waals surface area contributed by atoms with Gasteiger partial charge in [-0.25, -0.2) is 0 Å². The Morgan fingerprint density at radius 1 is 1.46 bits per heavy atom. The molecule has 1 aromatic heterocycles. The van der Waals surface area contributed by atoms with Crippen LogP contribution in [0, 0.1) is 13.8 Å². The minimum atomic E-state index is -0.282. The number of rotatable bonds is 0. The number of aliphatic hydroxyl groups excluding tert-OH is 1. The summed E-state index contributed by atoms with van der Waals surface area (Å²) in [6.45, 7) is 4.07. The summed E-state index contributed by atoms with van der Waals surface area (Å²) in [5.74, 6) is 0. The van der Waals surface area contributed by atoms with Crippen molar-refractivity contribution in [3.63, 3.8) is 0 Å². The highest BCUT2D eigenvalue weighted by molar-refractivity contribution is 5.32. The van der Waals surface area contributed by atoms with Gasteiger partial charge < -0.3 is 5.11 Å². The van der Waals surface area contributed by atoms with Gasteiger partial charge in [0.1, 0.15) is 0 Å². The van der Waals surface area contributed by atoms with Crippen molar-refractivity contribution in [3.05, 3.63) is 28.6 Å². The first kappa shape index (κ1) is 8.70. The summed E-state index contributed by atoms with van der Waals surface area (Å²) in [5.41, 5.74) is 4.42. The Morgan fingerprint density at radius 3 is 3.00 bits per heavy atom. The Kier molecular flexibility index (Phi) is 2.08. The summed E-state index contributed by atoms with van der Waals surface area (Å²) >= 11 is 0. The van der Waals surface area contributed by atoms with Crippen LogP contribution in [-0.2, 0) is 6.42 Å². The van der Waals surface area contributed by atoms with E-state index in [1.165, 1.54) is 5.56 Å². The Hall–Kier alpha value is -0.890. The molecule has 0 saturated heterocycles. The maximum Gasteiger partial charge on any atom is 0.0807 e. The van der Waals surface area contributed by atoms with Crippen molar-refractivity contribution >= 4 is 0 Å². The van der Waals surface area contributed by atoms with Crippen molar-refractivity contribution in [2.45, 2.75) is 39.2 Å². The summed E-state index contributed by atoms with van der Waals surface area (Å²) in [5, 5.41) is 9.74. The first-order valence-corrected chi connectivity index (χ1v) is 4.83. The molecule has 1 atom stereocenters. The summed E-state index contributed by atoms with van der Waals surface area (Å²) < 4.78 is 0. The summed E-state index contributed by atoms with van der Waals surface area (Å²) in [6.07, 6.45) is 2.68. The molecule has 2 rings (SSSR count). The lowest BCUT2D eigenvalue weighted by molar-refractivity contribution is 0.155. The molecule has 70 valence electrons. The topological polar surface area (TPSA) is 33.1 Å². The van der Waals surface area contributed by atoms with Gasteiger partial charge in [0.05, 0.1) is 6.10 Å². The lowest BCUT2D eigenvalue weighted by Crippen LogP contribution is -2.12. The Labute approximate surface area is 78.6 Å². The molecule has 0 aliphatic heterocycles. The molecule has 1 N–H and O–H groups in total. The number of nitrogens with zero attached hydrogens (tertiary/aromatic N) is 1. The number of hydrogen-bond donors (Lipinski definition) is 1. The third kappa shape index (κ3) is 1.46. The predicted octanol–water partition coefficient (Wildman–Crippen LogP) is 2.07. The van der Waals surface area contributed by atoms with Crippen molar-refractivity contribution in [1.29, 1.82) is 0 Å². The van der Waals surface area contributed by atoms with Crippen LogP contribution in [0.4, 0.5) is 0 Å². The molecule has 0 fully saturated rings. The fourth-order valence-corrected chi connectivity index (χ4v) is 1.88. The van der Waals surface area contributed by atoms with Crippen LogP contribution in [0.3, 0.4) is 0 Å². The van der Waals surface area contributed by atoms with Gasteiger partial charge in [-0.15, -0.1) is 0 Å². The van der Waals surface area contributed by atoms with Crippen LogP contribution in [0.15, 0.2) is 6.07 Å². The molecule has 0 spiro atoms. The first-order valence-electron chi connectivity index (χ1n) is 4.83. The van der Waals surface area contributed by atoms with Crippen molar-refractivity contribution in [2.24, 2.45) is 0 Å². The number of aryl methyl sites for hydroxylation is 3. The highest BCUT2D eigenvalue weighted by Gasteiger charge is 2.19. The van der Waals surface area contributed by atoms with Gasteiger partial charge >= 0.3 is 0 Å². The standard InChI is InChI=1S/C11H15NO/c1-7-6-9-10(12-8(7)2)4-3-5-11(9)13/h6,11,13H,3-5H2,1-2H3. The highest BCUT2D eigenvalue weighted by atomic mass is 16.3. The van der Waals surface area contributed by atoms with Gasteiger partial charge in [-0.3, -0.25) is 4.98 Å². The Bertz CT molecular complexity index is 333. The van der Waals surface area contributed by atoms with E-state index in [0.29, 0.717) is 0 Å². The molecule has 2 nitrogen and oxygen atoms in total. The zero-order valence-electron chi connectivity index (χ0n) is 8.17. The molecule has 1 aliphatic rings. The van der Waals surface area contributed by atoms with Crippen LogP contribution in [0.1, 0.15) is 41.5 Å². The third-order valence-electron chi connectivity index (χ3n) is 2.83. The zero-order valence-corrected chi connectivity index (χ0v) is 8.17. The quantitative estimate of drug-likeness (QED) is 0.658. The van der Waals surface area contributed by atoms with Crippen LogP contribution in [0.2, 0.25) is 0 Å². The highest BCUT2D eigenvalue weighted by Crippen LogP contribution is 2.29. The van der Waals surface area contributed by atoms with E-state index in [4.69, 9.17) is 0 Å². The van der Waals surface area contributed by atoms with E-state index < -0.39 is 0 Å². The van der Waals surface area contributed by atoms with Gasteiger partial charge in [0, 0.05) is 17.0 Å². The molecule has 1 aliphatic carbocycles. The van der Waals surface area contributed by atoms with E-state index in [2.05, 4.69) is 11.1 Å². The second-order valence-electron chi connectivity index (χ2n) is 3.83. The smallest absolute Gasteiger partial charge is 0.0807 e. The molecule has 2 heteroatoms. The molecule has 0 amide bonds. The van der Waals surface area contributed by atoms with E-state index in [1.54, 1.807) is 0 Å². The van der Waals surface area contributed by atoms with Gasteiger partial charge in [0.25, 0.3) is 0 Å². The van der Waals surface area contributed by atoms with E-state index in [-0.39, 0.29) is 6.10 Å². The molecule has 1 aromatic rings. The van der Waals surface area contributed by atoms with E-state index >= 15 is 0 Å². The van der Waals surface area contributed by atoms with Crippen LogP contribution >= 0.6 is 0 Å². The normalized spacial score (nSPS) is 21.3. The molecule has 0 bridgehead atoms. The molecule has 1 heterocycles. The fourth-order valence-electron chi connectivity index (χ4n) is 1.88. The number of fused-ring (bicyclic) bond motifs is 1. The molecule has 1 unspecified atom stereocenters. The monoisotopic (exact) mass is 177 g/mol. The lowest BCUT2D eigenvalue weighted by atomic mass is 9.92. The molecule has 0 radical (unpaired) electrons. The molecule has 13 heavy (non-hydrogen) atoms. The average molecular weight is 177 g/mol. The minimum Gasteiger partial charge on any atom is -0.388 e. The summed E-state index contributed by atoms with van der Waals surface area (Å²) in [6, 6.07) is 2.08. The summed E-state index contributed by atoms with van der Waals surface area (Å²) in [7, 11) is 0. The number of hydrogen-bond acceptors (Lipinski definition) is 2. The van der Waals surface area contributed by atoms with Crippen LogP contribution in [0.25, 0.3) is 0 Å². The number of aromatic nitrogens is 1. The average Bonchev–Trinajstić information content (AvgIpc) is 2.09. The van der Waals surface area contributed by atoms with Crippen molar-refractivity contribution in [3.8, 4) is 0 Å². The molecule has 0 saturated carbocycles. The van der Waals surface area contributed by atoms with Crippen LogP contribution < -0.4 is 0 Å². The second-order valence-corrected chi connectivity index (χ2v) is 3.83. The lowest BCUT2D eigenvalue weighted by Gasteiger charge is -2.21. The second kappa shape index (κ2) is 3.11.